The summed E-state index contributed by atoms with van der Waals surface area (Å²) in [6.45, 7) is 1.11. The zero-order valence-corrected chi connectivity index (χ0v) is 6.99. The molecule has 11 heavy (non-hydrogen) atoms. The molecule has 2 heterocycles. The van der Waals surface area contributed by atoms with Crippen molar-refractivity contribution < 1.29 is 0 Å². The molecule has 0 bridgehead atoms. The van der Waals surface area contributed by atoms with Crippen molar-refractivity contribution in [2.75, 3.05) is 6.54 Å². The fraction of sp³-hybridized carbons (Fsp3) is 0.500. The predicted molar refractivity (Wildman–Crippen MR) is 45.8 cm³/mol. The maximum absolute atomic E-state index is 5.95. The lowest BCUT2D eigenvalue weighted by molar-refractivity contribution is 0.632. The summed E-state index contributed by atoms with van der Waals surface area (Å²) in [6.07, 6.45) is 4.33. The number of H-pyrrole nitrogens is 1. The molecule has 1 fully saturated rings. The topological polar surface area (TPSA) is 27.8 Å². The summed E-state index contributed by atoms with van der Waals surface area (Å²) in [5.41, 5.74) is 1.14. The number of nitrogens with one attached hydrogen (secondary N) is 2. The van der Waals surface area contributed by atoms with Gasteiger partial charge < -0.3 is 10.3 Å². The van der Waals surface area contributed by atoms with Gasteiger partial charge in [0.15, 0.2) is 0 Å². The summed E-state index contributed by atoms with van der Waals surface area (Å²) in [4.78, 5) is 3.15. The molecule has 0 aliphatic carbocycles. The summed E-state index contributed by atoms with van der Waals surface area (Å²) < 4.78 is 0. The Bertz CT molecular complexity index is 238. The quantitative estimate of drug-likeness (QED) is 0.664. The first kappa shape index (κ1) is 7.19. The average Bonchev–Trinajstić information content (AvgIpc) is 2.55. The number of hydrogen-bond donors (Lipinski definition) is 2. The van der Waals surface area contributed by atoms with Crippen molar-refractivity contribution in [3.05, 3.63) is 23.0 Å². The fourth-order valence-electron chi connectivity index (χ4n) is 1.56. The highest BCUT2D eigenvalue weighted by Gasteiger charge is 2.18. The molecule has 0 spiro atoms. The van der Waals surface area contributed by atoms with Crippen LogP contribution in [-0.4, -0.2) is 11.5 Å². The second-order valence-corrected chi connectivity index (χ2v) is 3.30. The molecule has 0 saturated carbocycles. The van der Waals surface area contributed by atoms with Gasteiger partial charge in [-0.05, 0) is 25.5 Å². The normalized spacial score (nSPS) is 24.3. The molecular weight excluding hydrogens is 160 g/mol. The molecule has 0 aromatic carbocycles. The average molecular weight is 171 g/mol. The van der Waals surface area contributed by atoms with Gasteiger partial charge in [0.2, 0.25) is 0 Å². The first-order chi connectivity index (χ1) is 5.38. The Morgan fingerprint density at radius 1 is 1.55 bits per heavy atom. The van der Waals surface area contributed by atoms with E-state index in [9.17, 15) is 0 Å². The molecule has 0 amide bonds. The van der Waals surface area contributed by atoms with Crippen LogP contribution in [0.1, 0.15) is 24.6 Å². The Hall–Kier alpha value is -0.470. The Labute approximate surface area is 70.9 Å². The zero-order chi connectivity index (χ0) is 7.68. The van der Waals surface area contributed by atoms with Gasteiger partial charge in [0.25, 0.3) is 0 Å². The van der Waals surface area contributed by atoms with Crippen molar-refractivity contribution >= 4 is 11.6 Å². The Kier molecular flexibility index (Phi) is 1.88. The Morgan fingerprint density at radius 2 is 2.45 bits per heavy atom. The third kappa shape index (κ3) is 1.28. The molecule has 1 unspecified atom stereocenters. The number of rotatable bonds is 1. The summed E-state index contributed by atoms with van der Waals surface area (Å²) in [7, 11) is 0. The van der Waals surface area contributed by atoms with Gasteiger partial charge in [-0.2, -0.15) is 0 Å². The Balaban J connectivity index is 2.21. The van der Waals surface area contributed by atoms with Gasteiger partial charge in [0.05, 0.1) is 10.7 Å². The third-order valence-electron chi connectivity index (χ3n) is 2.13. The van der Waals surface area contributed by atoms with Crippen LogP contribution in [0.5, 0.6) is 0 Å². The lowest BCUT2D eigenvalue weighted by Gasteiger charge is -2.07. The fourth-order valence-corrected chi connectivity index (χ4v) is 1.81. The van der Waals surface area contributed by atoms with Crippen LogP contribution in [-0.2, 0) is 0 Å². The van der Waals surface area contributed by atoms with E-state index >= 15 is 0 Å². The van der Waals surface area contributed by atoms with Gasteiger partial charge in [-0.3, -0.25) is 0 Å². The molecule has 1 saturated heterocycles. The predicted octanol–water partition coefficient (Wildman–Crippen LogP) is 2.09. The first-order valence-electron chi connectivity index (χ1n) is 3.94. The second-order valence-electron chi connectivity index (χ2n) is 2.89. The minimum Gasteiger partial charge on any atom is -0.362 e. The van der Waals surface area contributed by atoms with E-state index in [4.69, 9.17) is 11.6 Å². The summed E-state index contributed by atoms with van der Waals surface area (Å²) in [6, 6.07) is 2.36. The summed E-state index contributed by atoms with van der Waals surface area (Å²) in [5.74, 6) is 0. The molecule has 1 aliphatic heterocycles. The molecule has 3 heteroatoms. The standard InChI is InChI=1S/C8H11ClN2/c9-6-3-5-11-8(6)7-2-1-4-10-7/h3,5,7,10-11H,1-2,4H2. The van der Waals surface area contributed by atoms with E-state index in [1.165, 1.54) is 12.8 Å². The monoisotopic (exact) mass is 170 g/mol. The molecule has 60 valence electrons. The van der Waals surface area contributed by atoms with Crippen LogP contribution < -0.4 is 5.32 Å². The molecule has 1 aliphatic rings. The van der Waals surface area contributed by atoms with E-state index in [1.807, 2.05) is 12.3 Å². The molecular formula is C8H11ClN2. The van der Waals surface area contributed by atoms with Crippen molar-refractivity contribution in [2.45, 2.75) is 18.9 Å². The number of aromatic amines is 1. The lowest BCUT2D eigenvalue weighted by Crippen LogP contribution is -2.13. The minimum absolute atomic E-state index is 0.456. The first-order valence-corrected chi connectivity index (χ1v) is 4.32. The zero-order valence-electron chi connectivity index (χ0n) is 6.23. The van der Waals surface area contributed by atoms with Crippen molar-refractivity contribution in [3.8, 4) is 0 Å². The maximum Gasteiger partial charge on any atom is 0.0629 e. The van der Waals surface area contributed by atoms with E-state index < -0.39 is 0 Å². The van der Waals surface area contributed by atoms with Crippen LogP contribution in [0.15, 0.2) is 12.3 Å². The molecule has 2 N–H and O–H groups in total. The Morgan fingerprint density at radius 3 is 3.00 bits per heavy atom. The minimum atomic E-state index is 0.456. The van der Waals surface area contributed by atoms with Gasteiger partial charge in [-0.1, -0.05) is 11.6 Å². The van der Waals surface area contributed by atoms with Crippen LogP contribution in [0.3, 0.4) is 0 Å². The van der Waals surface area contributed by atoms with Crippen molar-refractivity contribution in [2.24, 2.45) is 0 Å². The van der Waals surface area contributed by atoms with E-state index in [1.54, 1.807) is 0 Å². The number of aromatic nitrogens is 1. The number of hydrogen-bond acceptors (Lipinski definition) is 1. The summed E-state index contributed by atoms with van der Waals surface area (Å²) in [5, 5.41) is 4.24. The van der Waals surface area contributed by atoms with Gasteiger partial charge in [-0.25, -0.2) is 0 Å². The summed E-state index contributed by atoms with van der Waals surface area (Å²) >= 11 is 5.95. The van der Waals surface area contributed by atoms with Crippen molar-refractivity contribution in [1.82, 2.24) is 10.3 Å². The van der Waals surface area contributed by atoms with E-state index in [2.05, 4.69) is 10.3 Å². The maximum atomic E-state index is 5.95. The highest BCUT2D eigenvalue weighted by atomic mass is 35.5. The van der Waals surface area contributed by atoms with Gasteiger partial charge >= 0.3 is 0 Å². The molecule has 2 rings (SSSR count). The second kappa shape index (κ2) is 2.88. The van der Waals surface area contributed by atoms with Gasteiger partial charge in [0, 0.05) is 12.2 Å². The molecule has 1 aromatic rings. The van der Waals surface area contributed by atoms with Crippen molar-refractivity contribution in [1.29, 1.82) is 0 Å². The molecule has 2 nitrogen and oxygen atoms in total. The van der Waals surface area contributed by atoms with Gasteiger partial charge in [-0.15, -0.1) is 0 Å². The van der Waals surface area contributed by atoms with Crippen molar-refractivity contribution in [3.63, 3.8) is 0 Å². The van der Waals surface area contributed by atoms with E-state index in [0.717, 1.165) is 17.3 Å². The van der Waals surface area contributed by atoms with E-state index in [-0.39, 0.29) is 0 Å². The third-order valence-corrected chi connectivity index (χ3v) is 2.46. The van der Waals surface area contributed by atoms with Crippen LogP contribution in [0.2, 0.25) is 5.02 Å². The van der Waals surface area contributed by atoms with E-state index in [0.29, 0.717) is 6.04 Å². The SMILES string of the molecule is Clc1cc[nH]c1C1CCCN1. The molecule has 1 aromatic heterocycles. The van der Waals surface area contributed by atoms with Crippen LogP contribution in [0.4, 0.5) is 0 Å². The largest absolute Gasteiger partial charge is 0.362 e. The number of halogens is 1. The van der Waals surface area contributed by atoms with Crippen LogP contribution >= 0.6 is 11.6 Å². The molecule has 1 atom stereocenters. The lowest BCUT2D eigenvalue weighted by atomic mass is 10.2. The van der Waals surface area contributed by atoms with Crippen LogP contribution in [0.25, 0.3) is 0 Å². The smallest absolute Gasteiger partial charge is 0.0629 e. The van der Waals surface area contributed by atoms with Crippen LogP contribution in [0, 0.1) is 0 Å². The highest BCUT2D eigenvalue weighted by molar-refractivity contribution is 6.31. The molecule has 0 radical (unpaired) electrons. The highest BCUT2D eigenvalue weighted by Crippen LogP contribution is 2.27. The van der Waals surface area contributed by atoms with Gasteiger partial charge in [0.1, 0.15) is 0 Å².